The first-order chi connectivity index (χ1) is 16.4. The molecule has 34 heavy (non-hydrogen) atoms. The second kappa shape index (κ2) is 9.61. The second-order valence-corrected chi connectivity index (χ2v) is 9.12. The fraction of sp³-hybridized carbons (Fsp3) is 0.0370. The number of carbonyl (C=O) groups is 1. The molecule has 0 spiro atoms. The van der Waals surface area contributed by atoms with Crippen molar-refractivity contribution < 1.29 is 17.4 Å². The molecule has 168 valence electrons. The van der Waals surface area contributed by atoms with E-state index in [1.807, 2.05) is 49.4 Å². The van der Waals surface area contributed by atoms with Gasteiger partial charge in [0.2, 0.25) is 0 Å². The van der Waals surface area contributed by atoms with Gasteiger partial charge in [0.15, 0.2) is 0 Å². The van der Waals surface area contributed by atoms with E-state index >= 15 is 0 Å². The summed E-state index contributed by atoms with van der Waals surface area (Å²) in [6.45, 7) is 1.86. The lowest BCUT2D eigenvalue weighted by atomic mass is 10.1. The molecule has 6 nitrogen and oxygen atoms in total. The van der Waals surface area contributed by atoms with Crippen molar-refractivity contribution in [3.8, 4) is 11.8 Å². The highest BCUT2D eigenvalue weighted by atomic mass is 32.2. The maximum atomic E-state index is 12.7. The number of aryl methyl sites for hydroxylation is 1. The van der Waals surface area contributed by atoms with Crippen LogP contribution in [0.1, 0.15) is 11.1 Å². The fourth-order valence-corrected chi connectivity index (χ4v) is 4.27. The van der Waals surface area contributed by atoms with Gasteiger partial charge in [0.05, 0.1) is 0 Å². The fourth-order valence-electron chi connectivity index (χ4n) is 3.34. The molecule has 7 heteroatoms. The summed E-state index contributed by atoms with van der Waals surface area (Å²) < 4.78 is 30.1. The normalized spacial score (nSPS) is 11.6. The number of amides is 1. The van der Waals surface area contributed by atoms with Crippen molar-refractivity contribution in [2.75, 3.05) is 5.32 Å². The van der Waals surface area contributed by atoms with Crippen molar-refractivity contribution >= 4 is 38.6 Å². The Kier molecular flexibility index (Phi) is 6.44. The van der Waals surface area contributed by atoms with Gasteiger partial charge in [-0.2, -0.15) is 13.7 Å². The van der Waals surface area contributed by atoms with Crippen molar-refractivity contribution in [2.45, 2.75) is 11.8 Å². The molecular weight excluding hydrogens is 448 g/mol. The number of benzene rings is 4. The van der Waals surface area contributed by atoms with Gasteiger partial charge in [0.25, 0.3) is 5.91 Å². The Balaban J connectivity index is 1.50. The topological polar surface area (TPSA) is 96.3 Å². The van der Waals surface area contributed by atoms with Gasteiger partial charge in [-0.05, 0) is 54.3 Å². The summed E-state index contributed by atoms with van der Waals surface area (Å²) in [5.41, 5.74) is 2.00. The molecule has 4 rings (SSSR count). The van der Waals surface area contributed by atoms with E-state index in [1.165, 1.54) is 30.3 Å². The summed E-state index contributed by atoms with van der Waals surface area (Å²) in [4.78, 5) is 12.8. The molecule has 0 fully saturated rings. The zero-order valence-electron chi connectivity index (χ0n) is 18.2. The Morgan fingerprint density at radius 3 is 2.29 bits per heavy atom. The van der Waals surface area contributed by atoms with Crippen LogP contribution in [0.2, 0.25) is 0 Å². The zero-order chi connectivity index (χ0) is 24.1. The Morgan fingerprint density at radius 2 is 1.59 bits per heavy atom. The molecule has 0 aliphatic carbocycles. The Bertz CT molecular complexity index is 1530. The average molecular weight is 469 g/mol. The number of anilines is 1. The first-order valence-electron chi connectivity index (χ1n) is 10.4. The molecule has 0 atom stereocenters. The van der Waals surface area contributed by atoms with Crippen LogP contribution < -0.4 is 9.50 Å². The molecule has 0 aliphatic heterocycles. The summed E-state index contributed by atoms with van der Waals surface area (Å²) in [6, 6.07) is 27.5. The highest BCUT2D eigenvalue weighted by Gasteiger charge is 2.16. The highest BCUT2D eigenvalue weighted by molar-refractivity contribution is 7.87. The largest absolute Gasteiger partial charge is 0.379 e. The van der Waals surface area contributed by atoms with Gasteiger partial charge >= 0.3 is 10.1 Å². The van der Waals surface area contributed by atoms with E-state index in [0.29, 0.717) is 11.3 Å². The van der Waals surface area contributed by atoms with Gasteiger partial charge in [-0.1, -0.05) is 66.2 Å². The third kappa shape index (κ3) is 5.14. The van der Waals surface area contributed by atoms with E-state index in [-0.39, 0.29) is 16.2 Å². The predicted octanol–water partition coefficient (Wildman–Crippen LogP) is 5.46. The van der Waals surface area contributed by atoms with Gasteiger partial charge in [0.1, 0.15) is 22.3 Å². The van der Waals surface area contributed by atoms with Crippen LogP contribution in [0.4, 0.5) is 5.69 Å². The SMILES string of the molecule is Cc1ccc(S(=O)(=O)Oc2ccc(/C=C(\C#N)C(=O)Nc3cccc4ccccc34)cc2)cc1. The zero-order valence-corrected chi connectivity index (χ0v) is 19.0. The third-order valence-corrected chi connectivity index (χ3v) is 6.37. The van der Waals surface area contributed by atoms with Crippen molar-refractivity contribution in [3.63, 3.8) is 0 Å². The molecule has 1 amide bonds. The lowest BCUT2D eigenvalue weighted by Crippen LogP contribution is -2.13. The summed E-state index contributed by atoms with van der Waals surface area (Å²) in [7, 11) is -3.97. The number of nitrogens with zero attached hydrogens (tertiary/aromatic N) is 1. The molecular formula is C27H20N2O4S. The average Bonchev–Trinajstić information content (AvgIpc) is 2.84. The minimum atomic E-state index is -3.97. The first kappa shape index (κ1) is 22.8. The number of fused-ring (bicyclic) bond motifs is 1. The molecule has 0 saturated carbocycles. The van der Waals surface area contributed by atoms with Gasteiger partial charge < -0.3 is 9.50 Å². The number of nitrogens with one attached hydrogen (secondary N) is 1. The number of hydrogen-bond donors (Lipinski definition) is 1. The predicted molar refractivity (Wildman–Crippen MR) is 132 cm³/mol. The summed E-state index contributed by atoms with van der Waals surface area (Å²) in [5, 5.41) is 14.1. The van der Waals surface area contributed by atoms with Crippen LogP contribution in [0.15, 0.2) is 101 Å². The maximum Gasteiger partial charge on any atom is 0.339 e. The molecule has 0 aromatic heterocycles. The smallest absolute Gasteiger partial charge is 0.339 e. The van der Waals surface area contributed by atoms with Crippen LogP contribution >= 0.6 is 0 Å². The van der Waals surface area contributed by atoms with Crippen LogP contribution in [0.5, 0.6) is 5.75 Å². The first-order valence-corrected chi connectivity index (χ1v) is 11.8. The van der Waals surface area contributed by atoms with E-state index < -0.39 is 16.0 Å². The van der Waals surface area contributed by atoms with E-state index in [0.717, 1.165) is 16.3 Å². The van der Waals surface area contributed by atoms with Crippen LogP contribution in [-0.4, -0.2) is 14.3 Å². The Hall–Kier alpha value is -4.41. The molecule has 1 N–H and O–H groups in total. The molecule has 0 bridgehead atoms. The van der Waals surface area contributed by atoms with Crippen LogP contribution in [-0.2, 0) is 14.9 Å². The quantitative estimate of drug-likeness (QED) is 0.230. The molecule has 4 aromatic carbocycles. The van der Waals surface area contributed by atoms with E-state index in [9.17, 15) is 18.5 Å². The Morgan fingerprint density at radius 1 is 0.912 bits per heavy atom. The summed E-state index contributed by atoms with van der Waals surface area (Å²) >= 11 is 0. The lowest BCUT2D eigenvalue weighted by molar-refractivity contribution is -0.112. The minimum Gasteiger partial charge on any atom is -0.379 e. The van der Waals surface area contributed by atoms with Crippen molar-refractivity contribution in [2.24, 2.45) is 0 Å². The molecule has 0 radical (unpaired) electrons. The standard InChI is InChI=1S/C27H20N2O4S/c1-19-9-15-24(16-10-19)34(31,32)33-23-13-11-20(12-14-23)17-22(18-28)27(30)29-26-8-4-6-21-5-2-3-7-25(21)26/h2-17H,1H3,(H,29,30)/b22-17+. The molecule has 0 heterocycles. The maximum absolute atomic E-state index is 12.7. The lowest BCUT2D eigenvalue weighted by Gasteiger charge is -2.09. The molecule has 0 unspecified atom stereocenters. The number of hydrogen-bond acceptors (Lipinski definition) is 5. The van der Waals surface area contributed by atoms with E-state index in [4.69, 9.17) is 4.18 Å². The van der Waals surface area contributed by atoms with Gasteiger partial charge in [0, 0.05) is 11.1 Å². The monoisotopic (exact) mass is 468 g/mol. The Labute approximate surface area is 197 Å². The summed E-state index contributed by atoms with van der Waals surface area (Å²) in [5.74, 6) is -0.419. The number of nitriles is 1. The number of rotatable bonds is 6. The van der Waals surface area contributed by atoms with Gasteiger partial charge in [-0.15, -0.1) is 0 Å². The van der Waals surface area contributed by atoms with Gasteiger partial charge in [-0.25, -0.2) is 0 Å². The van der Waals surface area contributed by atoms with E-state index in [2.05, 4.69) is 5.32 Å². The number of carbonyl (C=O) groups excluding carboxylic acids is 1. The third-order valence-electron chi connectivity index (χ3n) is 5.11. The van der Waals surface area contributed by atoms with E-state index in [1.54, 1.807) is 30.3 Å². The molecule has 0 aliphatic rings. The highest BCUT2D eigenvalue weighted by Crippen LogP contribution is 2.24. The van der Waals surface area contributed by atoms with Crippen molar-refractivity contribution in [1.82, 2.24) is 0 Å². The molecule has 0 saturated heterocycles. The van der Waals surface area contributed by atoms with Crippen molar-refractivity contribution in [3.05, 3.63) is 108 Å². The second-order valence-electron chi connectivity index (χ2n) is 7.57. The van der Waals surface area contributed by atoms with Crippen LogP contribution in [0, 0.1) is 18.3 Å². The van der Waals surface area contributed by atoms with Crippen molar-refractivity contribution in [1.29, 1.82) is 5.26 Å². The van der Waals surface area contributed by atoms with Crippen LogP contribution in [0.25, 0.3) is 16.8 Å². The molecule has 4 aromatic rings. The van der Waals surface area contributed by atoms with Crippen LogP contribution in [0.3, 0.4) is 0 Å². The summed E-state index contributed by atoms with van der Waals surface area (Å²) in [6.07, 6.45) is 1.43. The van der Waals surface area contributed by atoms with Gasteiger partial charge in [-0.3, -0.25) is 4.79 Å². The minimum absolute atomic E-state index is 0.0546.